The van der Waals surface area contributed by atoms with Crippen LogP contribution in [0.1, 0.15) is 6.92 Å². The average molecular weight is 221 g/mol. The van der Waals surface area contributed by atoms with Crippen LogP contribution in [0.4, 0.5) is 0 Å². The summed E-state index contributed by atoms with van der Waals surface area (Å²) in [6.07, 6.45) is 0. The lowest BCUT2D eigenvalue weighted by Crippen LogP contribution is -2.39. The van der Waals surface area contributed by atoms with Crippen molar-refractivity contribution in [3.05, 3.63) is 0 Å². The lowest BCUT2D eigenvalue weighted by atomic mass is 10.5. The molecule has 0 heterocycles. The molecule has 0 radical (unpaired) electrons. The van der Waals surface area contributed by atoms with Gasteiger partial charge in [0.1, 0.15) is 0 Å². The van der Waals surface area contributed by atoms with E-state index >= 15 is 0 Å². The Bertz CT molecular complexity index is 210. The van der Waals surface area contributed by atoms with Gasteiger partial charge < -0.3 is 9.84 Å². The van der Waals surface area contributed by atoms with Gasteiger partial charge in [-0.2, -0.15) is 0 Å². The zero-order chi connectivity index (χ0) is 11.1. The predicted octanol–water partition coefficient (Wildman–Crippen LogP) is 0.255. The first-order valence-corrected chi connectivity index (χ1v) is 5.19. The molecular weight excluding hydrogens is 206 g/mol. The Balaban J connectivity index is 4.31. The smallest absolute Gasteiger partial charge is 0.333 e. The Morgan fingerprint density at radius 1 is 1.57 bits per heavy atom. The van der Waals surface area contributed by atoms with Crippen molar-refractivity contribution in [3.63, 3.8) is 0 Å². The average Bonchev–Trinajstić information content (AvgIpc) is 2.11. The zero-order valence-electron chi connectivity index (χ0n) is 8.52. The second kappa shape index (κ2) is 6.67. The Morgan fingerprint density at radius 2 is 2.14 bits per heavy atom. The van der Waals surface area contributed by atoms with Crippen molar-refractivity contribution in [1.82, 2.24) is 4.90 Å². The highest BCUT2D eigenvalue weighted by molar-refractivity contribution is 8.00. The van der Waals surface area contributed by atoms with Gasteiger partial charge >= 0.3 is 11.9 Å². The molecule has 0 unspecified atom stereocenters. The summed E-state index contributed by atoms with van der Waals surface area (Å²) in [6.45, 7) is 1.72. The minimum Gasteiger partial charge on any atom is -0.480 e. The number of carboxylic acids is 1. The normalized spacial score (nSPS) is 12.6. The van der Waals surface area contributed by atoms with Crippen LogP contribution < -0.4 is 0 Å². The van der Waals surface area contributed by atoms with Gasteiger partial charge in [0.15, 0.2) is 5.37 Å². The number of nitrogens with zero attached hydrogens (tertiary/aromatic N) is 1. The number of hydrogen-bond donors (Lipinski definition) is 1. The highest BCUT2D eigenvalue weighted by Crippen LogP contribution is 2.15. The first kappa shape index (κ1) is 13.2. The van der Waals surface area contributed by atoms with Gasteiger partial charge in [0.2, 0.25) is 0 Å². The molecular formula is C8H15NO4S. The van der Waals surface area contributed by atoms with Crippen LogP contribution in [0.15, 0.2) is 0 Å². The number of thioether (sulfide) groups is 1. The molecule has 0 amide bonds. The summed E-state index contributed by atoms with van der Waals surface area (Å²) < 4.78 is 4.57. The van der Waals surface area contributed by atoms with E-state index in [1.165, 1.54) is 23.8 Å². The van der Waals surface area contributed by atoms with Crippen LogP contribution in [-0.4, -0.2) is 53.8 Å². The molecule has 0 aliphatic heterocycles. The third kappa shape index (κ3) is 4.48. The summed E-state index contributed by atoms with van der Waals surface area (Å²) in [4.78, 5) is 23.1. The molecule has 1 N–H and O–H groups in total. The Hall–Kier alpha value is -0.750. The maximum Gasteiger partial charge on any atom is 0.333 e. The van der Waals surface area contributed by atoms with Crippen molar-refractivity contribution in [2.75, 3.05) is 26.5 Å². The fraction of sp³-hybridized carbons (Fsp3) is 0.750. The Kier molecular flexibility index (Phi) is 6.31. The second-order valence-electron chi connectivity index (χ2n) is 2.64. The minimum atomic E-state index is -0.960. The summed E-state index contributed by atoms with van der Waals surface area (Å²) in [7, 11) is 2.87. The first-order valence-electron chi connectivity index (χ1n) is 4.14. The molecule has 1 atom stereocenters. The number of ether oxygens (including phenoxy) is 1. The standard InChI is InChI=1S/C8H15NO4S/c1-4-14-7(8(12)13-3)9(2)5-6(10)11/h7H,4-5H2,1-3H3,(H,10,11)/t7-/m0/s1. The van der Waals surface area contributed by atoms with Crippen molar-refractivity contribution in [1.29, 1.82) is 0 Å². The number of carboxylic acid groups (broad SMARTS) is 1. The fourth-order valence-electron chi connectivity index (χ4n) is 0.930. The second-order valence-corrected chi connectivity index (χ2v) is 4.00. The molecule has 0 aromatic rings. The Labute approximate surface area is 87.4 Å². The molecule has 0 aliphatic carbocycles. The zero-order valence-corrected chi connectivity index (χ0v) is 9.34. The van der Waals surface area contributed by atoms with E-state index in [0.29, 0.717) is 0 Å². The molecule has 0 aromatic carbocycles. The molecule has 0 saturated heterocycles. The SMILES string of the molecule is CCS[C@@H](C(=O)OC)N(C)CC(=O)O. The van der Waals surface area contributed by atoms with Gasteiger partial charge in [-0.25, -0.2) is 4.79 Å². The summed E-state index contributed by atoms with van der Waals surface area (Å²) in [6, 6.07) is 0. The number of aliphatic carboxylic acids is 1. The highest BCUT2D eigenvalue weighted by Gasteiger charge is 2.25. The third-order valence-corrected chi connectivity index (χ3v) is 2.71. The van der Waals surface area contributed by atoms with Crippen molar-refractivity contribution >= 4 is 23.7 Å². The maximum atomic E-state index is 11.2. The largest absolute Gasteiger partial charge is 0.480 e. The number of carbonyl (C=O) groups is 2. The molecule has 0 saturated carbocycles. The molecule has 82 valence electrons. The number of rotatable bonds is 6. The quantitative estimate of drug-likeness (QED) is 0.512. The first-order chi connectivity index (χ1) is 6.52. The van der Waals surface area contributed by atoms with E-state index in [1.54, 1.807) is 7.05 Å². The van der Waals surface area contributed by atoms with Crippen LogP contribution in [0.3, 0.4) is 0 Å². The predicted molar refractivity (Wildman–Crippen MR) is 54.2 cm³/mol. The molecule has 14 heavy (non-hydrogen) atoms. The summed E-state index contributed by atoms with van der Waals surface area (Å²) in [5.41, 5.74) is 0. The summed E-state index contributed by atoms with van der Waals surface area (Å²) >= 11 is 1.35. The topological polar surface area (TPSA) is 66.8 Å². The van der Waals surface area contributed by atoms with Gasteiger partial charge in [-0.3, -0.25) is 9.69 Å². The van der Waals surface area contributed by atoms with Crippen LogP contribution >= 0.6 is 11.8 Å². The number of carbonyl (C=O) groups excluding carboxylic acids is 1. The van der Waals surface area contributed by atoms with Crippen LogP contribution in [-0.2, 0) is 14.3 Å². The molecule has 0 bridgehead atoms. The van der Waals surface area contributed by atoms with E-state index < -0.39 is 17.3 Å². The van der Waals surface area contributed by atoms with Crippen molar-refractivity contribution in [3.8, 4) is 0 Å². The number of hydrogen-bond acceptors (Lipinski definition) is 5. The van der Waals surface area contributed by atoms with Gasteiger partial charge in [-0.05, 0) is 12.8 Å². The van der Waals surface area contributed by atoms with Gasteiger partial charge in [0.25, 0.3) is 0 Å². The van der Waals surface area contributed by atoms with E-state index in [-0.39, 0.29) is 6.54 Å². The highest BCUT2D eigenvalue weighted by atomic mass is 32.2. The molecule has 0 rings (SSSR count). The molecule has 0 fully saturated rings. The van der Waals surface area contributed by atoms with Crippen molar-refractivity contribution in [2.24, 2.45) is 0 Å². The summed E-state index contributed by atoms with van der Waals surface area (Å²) in [5.74, 6) is -0.650. The van der Waals surface area contributed by atoms with Crippen LogP contribution in [0.25, 0.3) is 0 Å². The fourth-order valence-corrected chi connectivity index (χ4v) is 1.81. The molecule has 0 aliphatic rings. The number of likely N-dealkylation sites (N-methyl/N-ethyl adjacent to an activating group) is 1. The van der Waals surface area contributed by atoms with E-state index in [9.17, 15) is 9.59 Å². The number of esters is 1. The van der Waals surface area contributed by atoms with Crippen LogP contribution in [0, 0.1) is 0 Å². The van der Waals surface area contributed by atoms with Crippen LogP contribution in [0.5, 0.6) is 0 Å². The third-order valence-electron chi connectivity index (χ3n) is 1.51. The van der Waals surface area contributed by atoms with Gasteiger partial charge in [0.05, 0.1) is 13.7 Å². The molecule has 0 spiro atoms. The van der Waals surface area contributed by atoms with Crippen molar-refractivity contribution < 1.29 is 19.4 Å². The molecule has 5 nitrogen and oxygen atoms in total. The van der Waals surface area contributed by atoms with Gasteiger partial charge in [-0.15, -0.1) is 11.8 Å². The van der Waals surface area contributed by atoms with Gasteiger partial charge in [-0.1, -0.05) is 6.92 Å². The Morgan fingerprint density at radius 3 is 2.50 bits per heavy atom. The molecule has 0 aromatic heterocycles. The van der Waals surface area contributed by atoms with E-state index in [2.05, 4.69) is 4.74 Å². The lowest BCUT2D eigenvalue weighted by Gasteiger charge is -2.22. The van der Waals surface area contributed by atoms with E-state index in [1.807, 2.05) is 6.92 Å². The van der Waals surface area contributed by atoms with Crippen LogP contribution in [0.2, 0.25) is 0 Å². The number of methoxy groups -OCH3 is 1. The maximum absolute atomic E-state index is 11.2. The van der Waals surface area contributed by atoms with Gasteiger partial charge in [0, 0.05) is 0 Å². The van der Waals surface area contributed by atoms with E-state index in [0.717, 1.165) is 5.75 Å². The summed E-state index contributed by atoms with van der Waals surface area (Å²) in [5, 5.41) is 8.01. The van der Waals surface area contributed by atoms with Crippen molar-refractivity contribution in [2.45, 2.75) is 12.3 Å². The lowest BCUT2D eigenvalue weighted by molar-refractivity contribution is -0.144. The molecule has 6 heteroatoms. The minimum absolute atomic E-state index is 0.174. The van der Waals surface area contributed by atoms with E-state index in [4.69, 9.17) is 5.11 Å². The monoisotopic (exact) mass is 221 g/mol.